The fourth-order valence-electron chi connectivity index (χ4n) is 4.51. The van der Waals surface area contributed by atoms with Crippen LogP contribution in [-0.4, -0.2) is 73.1 Å². The van der Waals surface area contributed by atoms with Crippen LogP contribution in [0.1, 0.15) is 43.5 Å². The molecule has 4 rings (SSSR count). The molecule has 1 aliphatic heterocycles. The summed E-state index contributed by atoms with van der Waals surface area (Å²) in [7, 11) is -3.65. The zero-order chi connectivity index (χ0) is 25.0. The number of aromatic nitrogens is 2. The summed E-state index contributed by atoms with van der Waals surface area (Å²) < 4.78 is 34.2. The minimum absolute atomic E-state index is 0.0873. The van der Waals surface area contributed by atoms with Crippen molar-refractivity contribution in [2.75, 3.05) is 39.4 Å². The number of nitrogens with zero attached hydrogens (tertiary/aromatic N) is 4. The van der Waals surface area contributed by atoms with Gasteiger partial charge in [0.2, 0.25) is 20.9 Å². The van der Waals surface area contributed by atoms with Crippen LogP contribution >= 0.6 is 0 Å². The molecular formula is C26H38N4O4S. The van der Waals surface area contributed by atoms with Gasteiger partial charge in [0.25, 0.3) is 0 Å². The first-order valence-electron chi connectivity index (χ1n) is 12.6. The van der Waals surface area contributed by atoms with Gasteiger partial charge in [-0.25, -0.2) is 13.4 Å². The summed E-state index contributed by atoms with van der Waals surface area (Å²) in [4.78, 5) is 21.8. The van der Waals surface area contributed by atoms with E-state index in [0.717, 1.165) is 62.5 Å². The molecule has 192 valence electrons. The van der Waals surface area contributed by atoms with E-state index in [1.165, 1.54) is 0 Å². The van der Waals surface area contributed by atoms with Gasteiger partial charge in [-0.1, -0.05) is 38.1 Å². The van der Waals surface area contributed by atoms with Crippen molar-refractivity contribution in [3.63, 3.8) is 0 Å². The molecule has 0 spiro atoms. The van der Waals surface area contributed by atoms with E-state index in [0.29, 0.717) is 19.6 Å². The van der Waals surface area contributed by atoms with Crippen molar-refractivity contribution in [1.82, 2.24) is 19.4 Å². The maximum Gasteiger partial charge on any atom is 0.228 e. The van der Waals surface area contributed by atoms with Crippen molar-refractivity contribution in [1.29, 1.82) is 0 Å². The topological polar surface area (TPSA) is 84.7 Å². The Bertz CT molecular complexity index is 1120. The van der Waals surface area contributed by atoms with E-state index in [1.807, 2.05) is 40.7 Å². The number of aryl methyl sites for hydroxylation is 1. The summed E-state index contributed by atoms with van der Waals surface area (Å²) in [5.41, 5.74) is 2.50. The average molecular weight is 503 g/mol. The Morgan fingerprint density at radius 2 is 1.91 bits per heavy atom. The number of amides is 1. The van der Waals surface area contributed by atoms with E-state index in [2.05, 4.69) is 23.7 Å². The minimum Gasteiger partial charge on any atom is -0.379 e. The van der Waals surface area contributed by atoms with E-state index in [4.69, 9.17) is 4.74 Å². The lowest BCUT2D eigenvalue weighted by molar-refractivity contribution is -0.133. The van der Waals surface area contributed by atoms with Crippen molar-refractivity contribution in [2.45, 2.75) is 57.6 Å². The molecule has 0 radical (unpaired) electrons. The molecule has 8 nitrogen and oxygen atoms in total. The summed E-state index contributed by atoms with van der Waals surface area (Å²) in [5.74, 6) is 0.414. The summed E-state index contributed by atoms with van der Waals surface area (Å²) in [5, 5.41) is 0.0939. The van der Waals surface area contributed by atoms with Crippen molar-refractivity contribution in [3.8, 4) is 0 Å². The molecule has 1 aliphatic carbocycles. The number of rotatable bonds is 11. The van der Waals surface area contributed by atoms with E-state index >= 15 is 0 Å². The molecule has 0 N–H and O–H groups in total. The van der Waals surface area contributed by atoms with Gasteiger partial charge in [0.05, 0.1) is 37.4 Å². The Balaban J connectivity index is 1.57. The Hall–Kier alpha value is -2.23. The lowest BCUT2D eigenvalue weighted by atomic mass is 10.1. The van der Waals surface area contributed by atoms with Crippen molar-refractivity contribution < 1.29 is 17.9 Å². The molecule has 1 saturated carbocycles. The van der Waals surface area contributed by atoms with Gasteiger partial charge in [-0.3, -0.25) is 9.69 Å². The number of imidazole rings is 1. The highest BCUT2D eigenvalue weighted by molar-refractivity contribution is 7.90. The number of carbonyl (C=O) groups is 1. The quantitative estimate of drug-likeness (QED) is 0.470. The van der Waals surface area contributed by atoms with Crippen LogP contribution in [-0.2, 0) is 38.2 Å². The summed E-state index contributed by atoms with van der Waals surface area (Å²) in [6, 6.07) is 7.54. The van der Waals surface area contributed by atoms with Crippen LogP contribution in [0.4, 0.5) is 0 Å². The number of hydrogen-bond acceptors (Lipinski definition) is 6. The Kier molecular flexibility index (Phi) is 8.29. The maximum absolute atomic E-state index is 13.5. The Morgan fingerprint density at radius 3 is 2.57 bits per heavy atom. The van der Waals surface area contributed by atoms with Crippen molar-refractivity contribution >= 4 is 15.7 Å². The standard InChI is InChI=1S/C26H38N4O4S/c1-20(2)17-30-24(16-27-26(30)35(32,33)19-23-7-5-4-6-21(23)3)18-29(25(31)22-8-9-22)11-10-28-12-14-34-15-13-28/h4-7,16,20,22H,8-15,17-19H2,1-3H3. The number of ether oxygens (including phenoxy) is 1. The molecule has 2 fully saturated rings. The van der Waals surface area contributed by atoms with Crippen LogP contribution in [0.2, 0.25) is 0 Å². The zero-order valence-electron chi connectivity index (χ0n) is 21.1. The van der Waals surface area contributed by atoms with Crippen LogP contribution in [0.3, 0.4) is 0 Å². The van der Waals surface area contributed by atoms with Gasteiger partial charge in [0.15, 0.2) is 0 Å². The second-order valence-corrected chi connectivity index (χ2v) is 12.1. The lowest BCUT2D eigenvalue weighted by Crippen LogP contribution is -2.43. The number of sulfone groups is 1. The largest absolute Gasteiger partial charge is 0.379 e. The average Bonchev–Trinajstić information content (AvgIpc) is 3.60. The fraction of sp³-hybridized carbons (Fsp3) is 0.615. The van der Waals surface area contributed by atoms with Crippen LogP contribution < -0.4 is 0 Å². The summed E-state index contributed by atoms with van der Waals surface area (Å²) in [6.45, 7) is 11.6. The third-order valence-corrected chi connectivity index (χ3v) is 8.29. The molecular weight excluding hydrogens is 464 g/mol. The molecule has 1 aromatic carbocycles. The molecule has 2 heterocycles. The smallest absolute Gasteiger partial charge is 0.228 e. The molecule has 0 unspecified atom stereocenters. The molecule has 9 heteroatoms. The van der Waals surface area contributed by atoms with Crippen LogP contribution in [0.25, 0.3) is 0 Å². The SMILES string of the molecule is Cc1ccccc1CS(=O)(=O)c1ncc(CN(CCN2CCOCC2)C(=O)C2CC2)n1CC(C)C. The molecule has 1 amide bonds. The van der Waals surface area contributed by atoms with Gasteiger partial charge < -0.3 is 14.2 Å². The first kappa shape index (κ1) is 25.9. The van der Waals surface area contributed by atoms with Crippen LogP contribution in [0.5, 0.6) is 0 Å². The Labute approximate surface area is 209 Å². The third-order valence-electron chi connectivity index (χ3n) is 6.72. The highest BCUT2D eigenvalue weighted by Crippen LogP contribution is 2.32. The van der Waals surface area contributed by atoms with E-state index in [1.54, 1.807) is 6.20 Å². The van der Waals surface area contributed by atoms with E-state index < -0.39 is 9.84 Å². The first-order chi connectivity index (χ1) is 16.7. The molecule has 35 heavy (non-hydrogen) atoms. The molecule has 2 aliphatic rings. The summed E-state index contributed by atoms with van der Waals surface area (Å²) in [6.07, 6.45) is 3.53. The molecule has 0 atom stereocenters. The monoisotopic (exact) mass is 502 g/mol. The fourth-order valence-corrected chi connectivity index (χ4v) is 6.11. The predicted octanol–water partition coefficient (Wildman–Crippen LogP) is 2.89. The van der Waals surface area contributed by atoms with Gasteiger partial charge in [-0.2, -0.15) is 0 Å². The maximum atomic E-state index is 13.5. The van der Waals surface area contributed by atoms with Crippen molar-refractivity contribution in [3.05, 3.63) is 47.3 Å². The van der Waals surface area contributed by atoms with Crippen molar-refractivity contribution in [2.24, 2.45) is 11.8 Å². The van der Waals surface area contributed by atoms with E-state index in [9.17, 15) is 13.2 Å². The van der Waals surface area contributed by atoms with E-state index in [-0.39, 0.29) is 28.7 Å². The zero-order valence-corrected chi connectivity index (χ0v) is 22.0. The van der Waals surface area contributed by atoms with Gasteiger partial charge in [-0.15, -0.1) is 0 Å². The second kappa shape index (κ2) is 11.2. The predicted molar refractivity (Wildman–Crippen MR) is 135 cm³/mol. The van der Waals surface area contributed by atoms with Crippen LogP contribution in [0.15, 0.2) is 35.6 Å². The van der Waals surface area contributed by atoms with Gasteiger partial charge in [0.1, 0.15) is 0 Å². The molecule has 0 bridgehead atoms. The highest BCUT2D eigenvalue weighted by atomic mass is 32.2. The highest BCUT2D eigenvalue weighted by Gasteiger charge is 2.34. The second-order valence-electron chi connectivity index (χ2n) is 10.2. The van der Waals surface area contributed by atoms with Gasteiger partial charge in [0, 0.05) is 38.6 Å². The van der Waals surface area contributed by atoms with Crippen LogP contribution in [0, 0.1) is 18.8 Å². The normalized spacial score (nSPS) is 17.1. The lowest BCUT2D eigenvalue weighted by Gasteiger charge is -2.30. The molecule has 1 saturated heterocycles. The molecule has 2 aromatic rings. The number of benzene rings is 1. The first-order valence-corrected chi connectivity index (χ1v) is 14.3. The summed E-state index contributed by atoms with van der Waals surface area (Å²) >= 11 is 0. The number of carbonyl (C=O) groups excluding carboxylic acids is 1. The van der Waals surface area contributed by atoms with Gasteiger partial charge in [-0.05, 0) is 36.8 Å². The Morgan fingerprint density at radius 1 is 1.20 bits per heavy atom. The number of hydrogen-bond donors (Lipinski definition) is 0. The molecule has 1 aromatic heterocycles. The number of morpholine rings is 1. The van der Waals surface area contributed by atoms with Gasteiger partial charge >= 0.3 is 0 Å². The minimum atomic E-state index is -3.65. The third kappa shape index (κ3) is 6.71.